The van der Waals surface area contributed by atoms with E-state index in [9.17, 15) is 8.42 Å². The Hall–Kier alpha value is -0.820. The number of H-pyrrole nitrogens is 1. The summed E-state index contributed by atoms with van der Waals surface area (Å²) in [5.41, 5.74) is 2.57. The molecule has 2 aromatic rings. The van der Waals surface area contributed by atoms with E-state index in [-0.39, 0.29) is 12.2 Å². The summed E-state index contributed by atoms with van der Waals surface area (Å²) in [6.07, 6.45) is 0.692. The van der Waals surface area contributed by atoms with Crippen LogP contribution in [0.4, 0.5) is 0 Å². The predicted octanol–water partition coefficient (Wildman–Crippen LogP) is 2.91. The Kier molecular flexibility index (Phi) is 4.82. The quantitative estimate of drug-likeness (QED) is 0.642. The highest BCUT2D eigenvalue weighted by Crippen LogP contribution is 2.32. The summed E-state index contributed by atoms with van der Waals surface area (Å²) in [4.78, 5) is 3.27. The van der Waals surface area contributed by atoms with Gasteiger partial charge in [0.05, 0.1) is 22.3 Å². The average molecular weight is 352 g/mol. The van der Waals surface area contributed by atoms with Gasteiger partial charge in [0.25, 0.3) is 15.9 Å². The van der Waals surface area contributed by atoms with Crippen molar-refractivity contribution in [1.29, 1.82) is 0 Å². The van der Waals surface area contributed by atoms with Crippen LogP contribution in [0.5, 0.6) is 0 Å². The predicted molar refractivity (Wildman–Crippen MR) is 83.7 cm³/mol. The molecular weight excluding hydrogens is 335 g/mol. The maximum absolute atomic E-state index is 10.8. The Morgan fingerprint density at radius 3 is 2.62 bits per heavy atom. The number of aryl methyl sites for hydroxylation is 3. The lowest BCUT2D eigenvalue weighted by atomic mass is 10.1. The average Bonchev–Trinajstić information content (AvgIpc) is 2.68. The minimum absolute atomic E-state index is 0.276. The number of hydrogen-bond donors (Lipinski definition) is 2. The minimum atomic E-state index is -3.97. The number of aromatic nitrogens is 2. The number of imidazole rings is 1. The Morgan fingerprint density at radius 2 is 2.05 bits per heavy atom. The lowest BCUT2D eigenvalue weighted by Crippen LogP contribution is -2.34. The summed E-state index contributed by atoms with van der Waals surface area (Å²) in [6, 6.07) is 1.80. The first-order valence-electron chi connectivity index (χ1n) is 6.58. The summed E-state index contributed by atoms with van der Waals surface area (Å²) in [7, 11) is -3.97. The van der Waals surface area contributed by atoms with Crippen LogP contribution in [-0.4, -0.2) is 23.7 Å². The van der Waals surface area contributed by atoms with E-state index in [1.807, 2.05) is 13.8 Å². The van der Waals surface area contributed by atoms with E-state index in [0.29, 0.717) is 16.5 Å². The van der Waals surface area contributed by atoms with E-state index in [0.717, 1.165) is 29.0 Å². The number of aromatic amines is 1. The van der Waals surface area contributed by atoms with E-state index in [4.69, 9.17) is 27.8 Å². The molecule has 8 heteroatoms. The Labute approximate surface area is 133 Å². The molecule has 5 nitrogen and oxygen atoms in total. The number of benzene rings is 1. The molecule has 0 aliphatic heterocycles. The van der Waals surface area contributed by atoms with Gasteiger partial charge in [0, 0.05) is 18.6 Å². The zero-order chi connectivity index (χ0) is 15.8. The molecule has 0 aliphatic carbocycles. The number of nitrogens with zero attached hydrogens (tertiary/aromatic N) is 1. The smallest absolute Gasteiger partial charge is 0.264 e. The van der Waals surface area contributed by atoms with Crippen molar-refractivity contribution in [2.45, 2.75) is 33.2 Å². The molecule has 0 saturated carbocycles. The molecule has 0 atom stereocenters. The van der Waals surface area contributed by atoms with Crippen LogP contribution in [0.25, 0.3) is 11.0 Å². The van der Waals surface area contributed by atoms with E-state index in [1.165, 1.54) is 0 Å². The normalized spacial score (nSPS) is 12.2. The zero-order valence-electron chi connectivity index (χ0n) is 11.8. The van der Waals surface area contributed by atoms with Crippen molar-refractivity contribution in [3.05, 3.63) is 27.5 Å². The molecule has 2 N–H and O–H groups in total. The number of fused-ring (bicyclic) bond motifs is 1. The van der Waals surface area contributed by atoms with Crippen LogP contribution < -0.4 is 4.57 Å². The largest absolute Gasteiger partial charge is 0.286 e. The van der Waals surface area contributed by atoms with Gasteiger partial charge in [-0.2, -0.15) is 8.42 Å². The van der Waals surface area contributed by atoms with E-state index < -0.39 is 10.1 Å². The third-order valence-electron chi connectivity index (χ3n) is 3.44. The highest BCUT2D eigenvalue weighted by atomic mass is 35.5. The molecular formula is C13H17Cl2N2O3S+. The molecule has 2 rings (SSSR count). The fraction of sp³-hybridized carbons (Fsp3) is 0.462. The molecule has 1 aromatic carbocycles. The summed E-state index contributed by atoms with van der Waals surface area (Å²) in [5, 5.41) is 0.858. The lowest BCUT2D eigenvalue weighted by molar-refractivity contribution is -0.673. The molecule has 0 unspecified atom stereocenters. The Bertz CT molecular complexity index is 785. The first-order chi connectivity index (χ1) is 9.74. The molecule has 0 radical (unpaired) electrons. The van der Waals surface area contributed by atoms with Gasteiger partial charge in [0.15, 0.2) is 11.0 Å². The molecule has 1 heterocycles. The van der Waals surface area contributed by atoms with Gasteiger partial charge in [0.1, 0.15) is 0 Å². The van der Waals surface area contributed by atoms with Crippen molar-refractivity contribution >= 4 is 44.4 Å². The van der Waals surface area contributed by atoms with Crippen molar-refractivity contribution in [2.75, 3.05) is 5.75 Å². The maximum Gasteiger partial charge on any atom is 0.264 e. The van der Waals surface area contributed by atoms with Crippen LogP contribution in [-0.2, 0) is 23.1 Å². The van der Waals surface area contributed by atoms with Crippen molar-refractivity contribution in [3.8, 4) is 0 Å². The second-order valence-electron chi connectivity index (χ2n) is 4.89. The monoisotopic (exact) mass is 351 g/mol. The van der Waals surface area contributed by atoms with Crippen LogP contribution >= 0.6 is 23.2 Å². The standard InChI is InChI=1S/C13H16Cl2N2O3S/c1-3-17-8(2)16-13-9(5-4-6-21(18,19)20)12(15)10(14)7-11(13)17/h7H,3-6H2,1-2H3,(H,18,19,20)/p+1. The van der Waals surface area contributed by atoms with Crippen molar-refractivity contribution < 1.29 is 17.5 Å². The first-order valence-corrected chi connectivity index (χ1v) is 8.95. The highest BCUT2D eigenvalue weighted by molar-refractivity contribution is 7.85. The minimum Gasteiger partial charge on any atom is -0.286 e. The highest BCUT2D eigenvalue weighted by Gasteiger charge is 2.21. The summed E-state index contributed by atoms with van der Waals surface area (Å²) in [6.45, 7) is 4.77. The number of halogens is 2. The summed E-state index contributed by atoms with van der Waals surface area (Å²) >= 11 is 12.4. The SMILES string of the molecule is CC[n+]1c(C)[nH]c2c(CCCS(=O)(=O)O)c(Cl)c(Cl)cc21. The fourth-order valence-electron chi connectivity index (χ4n) is 2.52. The van der Waals surface area contributed by atoms with Crippen LogP contribution in [0.2, 0.25) is 10.0 Å². The maximum atomic E-state index is 10.8. The third-order valence-corrected chi connectivity index (χ3v) is 5.07. The second kappa shape index (κ2) is 6.12. The lowest BCUT2D eigenvalue weighted by Gasteiger charge is -2.05. The Morgan fingerprint density at radius 1 is 1.38 bits per heavy atom. The topological polar surface area (TPSA) is 74.0 Å². The summed E-state index contributed by atoms with van der Waals surface area (Å²) < 4.78 is 32.5. The molecule has 0 amide bonds. The van der Waals surface area contributed by atoms with Crippen molar-refractivity contribution in [1.82, 2.24) is 4.98 Å². The van der Waals surface area contributed by atoms with Gasteiger partial charge in [-0.15, -0.1) is 0 Å². The number of hydrogen-bond acceptors (Lipinski definition) is 2. The molecule has 0 bridgehead atoms. The van der Waals surface area contributed by atoms with Gasteiger partial charge in [-0.1, -0.05) is 23.2 Å². The molecule has 0 fully saturated rings. The zero-order valence-corrected chi connectivity index (χ0v) is 14.1. The number of nitrogens with one attached hydrogen (secondary N) is 1. The van der Waals surface area contributed by atoms with Crippen LogP contribution in [0.1, 0.15) is 24.7 Å². The summed E-state index contributed by atoms with van der Waals surface area (Å²) in [5.74, 6) is 0.673. The second-order valence-corrected chi connectivity index (χ2v) is 7.25. The van der Waals surface area contributed by atoms with E-state index >= 15 is 0 Å². The van der Waals surface area contributed by atoms with Crippen LogP contribution in [0.15, 0.2) is 6.07 Å². The third kappa shape index (κ3) is 3.51. The van der Waals surface area contributed by atoms with Gasteiger partial charge >= 0.3 is 0 Å². The first kappa shape index (κ1) is 16.5. The number of rotatable bonds is 5. The molecule has 0 aliphatic rings. The van der Waals surface area contributed by atoms with Gasteiger partial charge in [-0.05, 0) is 19.8 Å². The van der Waals surface area contributed by atoms with Gasteiger partial charge in [-0.3, -0.25) is 4.55 Å². The van der Waals surface area contributed by atoms with E-state index in [2.05, 4.69) is 9.55 Å². The molecule has 0 saturated heterocycles. The molecule has 116 valence electrons. The van der Waals surface area contributed by atoms with E-state index in [1.54, 1.807) is 6.07 Å². The molecule has 21 heavy (non-hydrogen) atoms. The Balaban J connectivity index is 2.48. The van der Waals surface area contributed by atoms with Crippen LogP contribution in [0, 0.1) is 6.92 Å². The van der Waals surface area contributed by atoms with Crippen LogP contribution in [0.3, 0.4) is 0 Å². The van der Waals surface area contributed by atoms with Gasteiger partial charge in [-0.25, -0.2) is 9.55 Å². The van der Waals surface area contributed by atoms with Crippen molar-refractivity contribution in [3.63, 3.8) is 0 Å². The molecule has 1 aromatic heterocycles. The fourth-order valence-corrected chi connectivity index (χ4v) is 3.49. The van der Waals surface area contributed by atoms with Gasteiger partial charge in [0.2, 0.25) is 0 Å². The molecule has 0 spiro atoms. The van der Waals surface area contributed by atoms with Crippen molar-refractivity contribution in [2.24, 2.45) is 0 Å². The van der Waals surface area contributed by atoms with Gasteiger partial charge < -0.3 is 0 Å².